The molecule has 12 heavy (non-hydrogen) atoms. The van der Waals surface area contributed by atoms with E-state index in [9.17, 15) is 0 Å². The summed E-state index contributed by atoms with van der Waals surface area (Å²) in [5, 5.41) is 3.70. The van der Waals surface area contributed by atoms with Crippen molar-refractivity contribution in [2.45, 2.75) is 13.3 Å². The maximum atomic E-state index is 4.98. The normalized spacial score (nSPS) is 16.9. The van der Waals surface area contributed by atoms with E-state index >= 15 is 0 Å². The molecule has 0 aromatic carbocycles. The van der Waals surface area contributed by atoms with Crippen molar-refractivity contribution in [2.24, 2.45) is 4.99 Å². The number of aliphatic imine (C=N–C) groups is 1. The molecule has 0 bridgehead atoms. The fourth-order valence-corrected chi connectivity index (χ4v) is 1.09. The van der Waals surface area contributed by atoms with Gasteiger partial charge < -0.3 is 4.52 Å². The van der Waals surface area contributed by atoms with E-state index in [1.165, 1.54) is 0 Å². The molecule has 0 saturated carbocycles. The van der Waals surface area contributed by atoms with E-state index in [2.05, 4.69) is 15.1 Å². The third kappa shape index (κ3) is 1.30. The topological polar surface area (TPSA) is 54.5 Å². The molecule has 0 spiro atoms. The van der Waals surface area contributed by atoms with Gasteiger partial charge in [-0.2, -0.15) is 4.98 Å². The van der Waals surface area contributed by atoms with Gasteiger partial charge in [-0.3, -0.25) is 9.89 Å². The zero-order valence-electron chi connectivity index (χ0n) is 6.90. The van der Waals surface area contributed by atoms with E-state index < -0.39 is 0 Å². The molecule has 0 fully saturated rings. The van der Waals surface area contributed by atoms with E-state index in [1.54, 1.807) is 13.3 Å². The van der Waals surface area contributed by atoms with Gasteiger partial charge in [-0.15, -0.1) is 0 Å². The summed E-state index contributed by atoms with van der Waals surface area (Å²) in [5.41, 5.74) is 0. The lowest BCUT2D eigenvalue weighted by Crippen LogP contribution is -2.26. The molecular formula is C7H10N4O. The van der Waals surface area contributed by atoms with Crippen LogP contribution in [0.2, 0.25) is 0 Å². The summed E-state index contributed by atoms with van der Waals surface area (Å²) >= 11 is 0. The predicted octanol–water partition coefficient (Wildman–Crippen LogP) is 0.616. The number of aryl methyl sites for hydroxylation is 1. The summed E-state index contributed by atoms with van der Waals surface area (Å²) in [5.74, 6) is 0.656. The first kappa shape index (κ1) is 7.27. The molecule has 0 radical (unpaired) electrons. The van der Waals surface area contributed by atoms with Gasteiger partial charge >= 0.3 is 6.01 Å². The van der Waals surface area contributed by atoms with Crippen molar-refractivity contribution >= 4 is 12.4 Å². The molecule has 2 rings (SSSR count). The second kappa shape index (κ2) is 2.92. The highest BCUT2D eigenvalue weighted by molar-refractivity contribution is 5.75. The van der Waals surface area contributed by atoms with E-state index in [1.807, 2.05) is 4.90 Å². The summed E-state index contributed by atoms with van der Waals surface area (Å²) in [7, 11) is 0. The number of hydrogen-bond donors (Lipinski definition) is 0. The van der Waals surface area contributed by atoms with Crippen molar-refractivity contribution in [3.8, 4) is 0 Å². The summed E-state index contributed by atoms with van der Waals surface area (Å²) in [6.07, 6.45) is 2.79. The van der Waals surface area contributed by atoms with Crippen LogP contribution in [0.15, 0.2) is 9.52 Å². The minimum absolute atomic E-state index is 0.538. The van der Waals surface area contributed by atoms with Crippen LogP contribution in [0.3, 0.4) is 0 Å². The third-order valence-corrected chi connectivity index (χ3v) is 1.67. The lowest BCUT2D eigenvalue weighted by molar-refractivity contribution is 0.417. The molecule has 0 aliphatic carbocycles. The second-order valence-corrected chi connectivity index (χ2v) is 2.69. The van der Waals surface area contributed by atoms with Crippen LogP contribution in [0.1, 0.15) is 12.2 Å². The van der Waals surface area contributed by atoms with E-state index in [0.29, 0.717) is 11.8 Å². The first-order chi connectivity index (χ1) is 5.86. The van der Waals surface area contributed by atoms with Crippen molar-refractivity contribution in [3.05, 3.63) is 5.82 Å². The average molecular weight is 166 g/mol. The molecule has 5 nitrogen and oxygen atoms in total. The smallest absolute Gasteiger partial charge is 0.315 e. The van der Waals surface area contributed by atoms with Crippen LogP contribution in [-0.4, -0.2) is 29.6 Å². The van der Waals surface area contributed by atoms with Crippen molar-refractivity contribution in [2.75, 3.05) is 18.0 Å². The van der Waals surface area contributed by atoms with Gasteiger partial charge in [-0.25, -0.2) is 0 Å². The average Bonchev–Trinajstić information content (AvgIpc) is 2.54. The molecule has 0 atom stereocenters. The lowest BCUT2D eigenvalue weighted by Gasteiger charge is -2.16. The first-order valence-electron chi connectivity index (χ1n) is 3.93. The molecule has 64 valence electrons. The van der Waals surface area contributed by atoms with Gasteiger partial charge in [0.15, 0.2) is 5.82 Å². The predicted molar refractivity (Wildman–Crippen MR) is 44.4 cm³/mol. The fourth-order valence-electron chi connectivity index (χ4n) is 1.09. The van der Waals surface area contributed by atoms with E-state index in [-0.39, 0.29) is 0 Å². The minimum Gasteiger partial charge on any atom is -0.315 e. The molecule has 0 saturated heterocycles. The van der Waals surface area contributed by atoms with Crippen LogP contribution < -0.4 is 4.90 Å². The zero-order chi connectivity index (χ0) is 8.39. The maximum absolute atomic E-state index is 4.98. The molecule has 0 N–H and O–H groups in total. The van der Waals surface area contributed by atoms with Gasteiger partial charge in [0, 0.05) is 13.1 Å². The maximum Gasteiger partial charge on any atom is 0.329 e. The second-order valence-electron chi connectivity index (χ2n) is 2.69. The standard InChI is InChI=1S/C7H10N4O/c1-6-9-7(12-10-6)11-4-2-3-8-5-11/h5H,2-4H2,1H3. The molecule has 0 unspecified atom stereocenters. The molecule has 0 amide bonds. The summed E-state index contributed by atoms with van der Waals surface area (Å²) in [6, 6.07) is 0.538. The Morgan fingerprint density at radius 3 is 3.08 bits per heavy atom. The minimum atomic E-state index is 0.538. The molecule has 1 aliphatic rings. The molecule has 1 aromatic heterocycles. The van der Waals surface area contributed by atoms with Gasteiger partial charge in [0.25, 0.3) is 0 Å². The van der Waals surface area contributed by atoms with Crippen LogP contribution in [0.4, 0.5) is 6.01 Å². The van der Waals surface area contributed by atoms with Crippen molar-refractivity contribution in [1.82, 2.24) is 10.1 Å². The number of hydrogen-bond acceptors (Lipinski definition) is 5. The van der Waals surface area contributed by atoms with Gasteiger partial charge in [-0.1, -0.05) is 5.16 Å². The van der Waals surface area contributed by atoms with Crippen molar-refractivity contribution in [1.29, 1.82) is 0 Å². The highest BCUT2D eigenvalue weighted by atomic mass is 16.5. The summed E-state index contributed by atoms with van der Waals surface area (Å²) in [6.45, 7) is 3.60. The quantitative estimate of drug-likeness (QED) is 0.613. The van der Waals surface area contributed by atoms with Gasteiger partial charge in [0.2, 0.25) is 0 Å². The number of aromatic nitrogens is 2. The largest absolute Gasteiger partial charge is 0.329 e. The van der Waals surface area contributed by atoms with E-state index in [0.717, 1.165) is 19.5 Å². The summed E-state index contributed by atoms with van der Waals surface area (Å²) in [4.78, 5) is 10.1. The van der Waals surface area contributed by atoms with Gasteiger partial charge in [0.1, 0.15) is 0 Å². The molecular weight excluding hydrogens is 156 g/mol. The lowest BCUT2D eigenvalue weighted by atomic mass is 10.4. The molecule has 2 heterocycles. The van der Waals surface area contributed by atoms with Crippen LogP contribution >= 0.6 is 0 Å². The number of anilines is 1. The Hall–Kier alpha value is -1.39. The Kier molecular flexibility index (Phi) is 1.77. The summed E-state index contributed by atoms with van der Waals surface area (Å²) < 4.78 is 4.98. The Balaban J connectivity index is 2.18. The highest BCUT2D eigenvalue weighted by Crippen LogP contribution is 2.10. The van der Waals surface area contributed by atoms with E-state index in [4.69, 9.17) is 4.52 Å². The van der Waals surface area contributed by atoms with Crippen LogP contribution in [0, 0.1) is 6.92 Å². The number of rotatable bonds is 1. The Morgan fingerprint density at radius 1 is 1.58 bits per heavy atom. The Bertz CT molecular complexity index is 293. The van der Waals surface area contributed by atoms with Crippen LogP contribution in [0.25, 0.3) is 0 Å². The Labute approximate surface area is 70.1 Å². The molecule has 5 heteroatoms. The van der Waals surface area contributed by atoms with Crippen LogP contribution in [0.5, 0.6) is 0 Å². The SMILES string of the molecule is Cc1noc(N2C=NCCC2)n1. The van der Waals surface area contributed by atoms with Gasteiger partial charge in [-0.05, 0) is 13.3 Å². The molecule has 1 aliphatic heterocycles. The monoisotopic (exact) mass is 166 g/mol. The van der Waals surface area contributed by atoms with Crippen molar-refractivity contribution < 1.29 is 4.52 Å². The highest BCUT2D eigenvalue weighted by Gasteiger charge is 2.12. The fraction of sp³-hybridized carbons (Fsp3) is 0.571. The van der Waals surface area contributed by atoms with Crippen molar-refractivity contribution in [3.63, 3.8) is 0 Å². The zero-order valence-corrected chi connectivity index (χ0v) is 6.90. The first-order valence-corrected chi connectivity index (χ1v) is 3.93. The third-order valence-electron chi connectivity index (χ3n) is 1.67. The van der Waals surface area contributed by atoms with Crippen LogP contribution in [-0.2, 0) is 0 Å². The Morgan fingerprint density at radius 2 is 2.50 bits per heavy atom. The number of nitrogens with zero attached hydrogens (tertiary/aromatic N) is 4. The van der Waals surface area contributed by atoms with Gasteiger partial charge in [0.05, 0.1) is 6.34 Å². The molecule has 1 aromatic rings.